The van der Waals surface area contributed by atoms with Gasteiger partial charge in [0, 0.05) is 26.7 Å². The van der Waals surface area contributed by atoms with Crippen molar-refractivity contribution in [1.29, 1.82) is 0 Å². The van der Waals surface area contributed by atoms with E-state index in [-0.39, 0.29) is 6.04 Å². The molecule has 1 aromatic carbocycles. The molecule has 1 atom stereocenters. The summed E-state index contributed by atoms with van der Waals surface area (Å²) in [6.45, 7) is 2.19. The average molecular weight is 359 g/mol. The lowest BCUT2D eigenvalue weighted by Crippen LogP contribution is -2.18. The summed E-state index contributed by atoms with van der Waals surface area (Å²) in [4.78, 5) is 2.83. The fourth-order valence-corrected chi connectivity index (χ4v) is 3.72. The summed E-state index contributed by atoms with van der Waals surface area (Å²) in [6.07, 6.45) is 2.07. The van der Waals surface area contributed by atoms with E-state index in [1.54, 1.807) is 0 Å². The second kappa shape index (κ2) is 6.89. The van der Waals surface area contributed by atoms with Crippen molar-refractivity contribution in [2.45, 2.75) is 25.8 Å². The van der Waals surface area contributed by atoms with Crippen molar-refractivity contribution in [1.82, 2.24) is 5.32 Å². The highest BCUT2D eigenvalue weighted by molar-refractivity contribution is 9.10. The predicted octanol–water partition coefficient (Wildman–Crippen LogP) is 5.23. The fraction of sp³-hybridized carbons (Fsp3) is 0.333. The van der Waals surface area contributed by atoms with Crippen LogP contribution in [0.15, 0.2) is 34.8 Å². The molecule has 0 aliphatic carbocycles. The molecule has 0 aliphatic rings. The third kappa shape index (κ3) is 3.60. The van der Waals surface area contributed by atoms with E-state index in [4.69, 9.17) is 11.6 Å². The average Bonchev–Trinajstić information content (AvgIpc) is 2.87. The third-order valence-electron chi connectivity index (χ3n) is 3.18. The van der Waals surface area contributed by atoms with Crippen molar-refractivity contribution in [3.8, 4) is 0 Å². The molecule has 1 heterocycles. The molecular weight excluding hydrogens is 342 g/mol. The molecule has 2 rings (SSSR count). The summed E-state index contributed by atoms with van der Waals surface area (Å²) in [5.41, 5.74) is 1.14. The SMILES string of the molecule is CCc1ccc(CC(NC)c2cccc(Br)c2Cl)s1. The molecule has 1 N–H and O–H groups in total. The first-order valence-electron chi connectivity index (χ1n) is 6.34. The largest absolute Gasteiger partial charge is 0.313 e. The fourth-order valence-electron chi connectivity index (χ4n) is 2.08. The van der Waals surface area contributed by atoms with Gasteiger partial charge in [-0.1, -0.05) is 30.7 Å². The molecule has 0 radical (unpaired) electrons. The molecular formula is C15H17BrClNS. The van der Waals surface area contributed by atoms with Gasteiger partial charge in [0.15, 0.2) is 0 Å². The van der Waals surface area contributed by atoms with E-state index in [0.29, 0.717) is 0 Å². The van der Waals surface area contributed by atoms with Gasteiger partial charge in [-0.2, -0.15) is 0 Å². The van der Waals surface area contributed by atoms with Crippen LogP contribution >= 0.6 is 38.9 Å². The second-order valence-electron chi connectivity index (χ2n) is 4.41. The monoisotopic (exact) mass is 357 g/mol. The van der Waals surface area contributed by atoms with Gasteiger partial charge >= 0.3 is 0 Å². The number of benzene rings is 1. The topological polar surface area (TPSA) is 12.0 Å². The lowest BCUT2D eigenvalue weighted by molar-refractivity contribution is 0.596. The summed E-state index contributed by atoms with van der Waals surface area (Å²) in [7, 11) is 1.98. The first kappa shape index (κ1) is 15.0. The van der Waals surface area contributed by atoms with E-state index in [2.05, 4.69) is 46.4 Å². The first-order chi connectivity index (χ1) is 9.15. The molecule has 0 saturated carbocycles. The number of likely N-dealkylation sites (N-methyl/N-ethyl adjacent to an activating group) is 1. The Labute approximate surface area is 132 Å². The van der Waals surface area contributed by atoms with Crippen LogP contribution in [0.1, 0.15) is 28.3 Å². The molecule has 2 aromatic rings. The number of hydrogen-bond acceptors (Lipinski definition) is 2. The Kier molecular flexibility index (Phi) is 5.46. The van der Waals surface area contributed by atoms with Gasteiger partial charge in [-0.25, -0.2) is 0 Å². The molecule has 0 spiro atoms. The van der Waals surface area contributed by atoms with Gasteiger partial charge in [0.25, 0.3) is 0 Å². The van der Waals surface area contributed by atoms with Crippen molar-refractivity contribution >= 4 is 38.9 Å². The highest BCUT2D eigenvalue weighted by Crippen LogP contribution is 2.32. The van der Waals surface area contributed by atoms with E-state index < -0.39 is 0 Å². The van der Waals surface area contributed by atoms with Crippen molar-refractivity contribution in [2.24, 2.45) is 0 Å². The highest BCUT2D eigenvalue weighted by Gasteiger charge is 2.15. The molecule has 19 heavy (non-hydrogen) atoms. The predicted molar refractivity (Wildman–Crippen MR) is 88.4 cm³/mol. The van der Waals surface area contributed by atoms with E-state index in [9.17, 15) is 0 Å². The van der Waals surface area contributed by atoms with Crippen LogP contribution in [0.4, 0.5) is 0 Å². The van der Waals surface area contributed by atoms with Crippen molar-refractivity contribution < 1.29 is 0 Å². The molecule has 0 saturated heterocycles. The Hall–Kier alpha value is -0.350. The summed E-state index contributed by atoms with van der Waals surface area (Å²) in [6, 6.07) is 10.8. The molecule has 1 unspecified atom stereocenters. The minimum absolute atomic E-state index is 0.244. The van der Waals surface area contributed by atoms with Crippen LogP contribution in [-0.2, 0) is 12.8 Å². The lowest BCUT2D eigenvalue weighted by atomic mass is 10.0. The van der Waals surface area contributed by atoms with Crippen LogP contribution in [0.5, 0.6) is 0 Å². The Morgan fingerprint density at radius 3 is 2.63 bits per heavy atom. The number of aryl methyl sites for hydroxylation is 1. The summed E-state index contributed by atoms with van der Waals surface area (Å²) >= 11 is 11.8. The van der Waals surface area contributed by atoms with Crippen LogP contribution in [0.25, 0.3) is 0 Å². The van der Waals surface area contributed by atoms with Gasteiger partial charge < -0.3 is 5.32 Å². The first-order valence-corrected chi connectivity index (χ1v) is 8.33. The quantitative estimate of drug-likeness (QED) is 0.771. The molecule has 1 nitrogen and oxygen atoms in total. The summed E-state index contributed by atoms with van der Waals surface area (Å²) < 4.78 is 0.951. The minimum atomic E-state index is 0.244. The van der Waals surface area contributed by atoms with E-state index in [0.717, 1.165) is 27.9 Å². The maximum absolute atomic E-state index is 6.38. The van der Waals surface area contributed by atoms with Gasteiger partial charge in [-0.05, 0) is 53.2 Å². The Bertz CT molecular complexity index is 553. The van der Waals surface area contributed by atoms with Crippen molar-refractivity contribution in [2.75, 3.05) is 7.05 Å². The molecule has 1 aromatic heterocycles. The maximum Gasteiger partial charge on any atom is 0.0595 e. The third-order valence-corrected chi connectivity index (χ3v) is 5.74. The zero-order chi connectivity index (χ0) is 13.8. The van der Waals surface area contributed by atoms with Crippen LogP contribution in [0, 0.1) is 0 Å². The molecule has 0 aliphatic heterocycles. The smallest absolute Gasteiger partial charge is 0.0595 e. The van der Waals surface area contributed by atoms with E-state index in [1.165, 1.54) is 9.75 Å². The normalized spacial score (nSPS) is 12.6. The Morgan fingerprint density at radius 1 is 1.26 bits per heavy atom. The van der Waals surface area contributed by atoms with Crippen molar-refractivity contribution in [3.05, 3.63) is 55.1 Å². The van der Waals surface area contributed by atoms with Gasteiger partial charge in [-0.15, -0.1) is 11.3 Å². The number of thiophene rings is 1. The number of hydrogen-bond donors (Lipinski definition) is 1. The Morgan fingerprint density at radius 2 is 2.00 bits per heavy atom. The van der Waals surface area contributed by atoms with Gasteiger partial charge in [0.2, 0.25) is 0 Å². The lowest BCUT2D eigenvalue weighted by Gasteiger charge is -2.18. The van der Waals surface area contributed by atoms with Crippen LogP contribution in [0.2, 0.25) is 5.02 Å². The summed E-state index contributed by atoms with van der Waals surface area (Å²) in [5, 5.41) is 4.16. The number of halogens is 2. The maximum atomic E-state index is 6.38. The van der Waals surface area contributed by atoms with Crippen LogP contribution < -0.4 is 5.32 Å². The molecule has 0 amide bonds. The summed E-state index contributed by atoms with van der Waals surface area (Å²) in [5.74, 6) is 0. The van der Waals surface area contributed by atoms with Gasteiger partial charge in [-0.3, -0.25) is 0 Å². The number of nitrogens with one attached hydrogen (secondary N) is 1. The standard InChI is InChI=1S/C15H17BrClNS/c1-3-10-7-8-11(19-10)9-14(18-2)12-5-4-6-13(16)15(12)17/h4-8,14,18H,3,9H2,1-2H3. The minimum Gasteiger partial charge on any atom is -0.313 e. The van der Waals surface area contributed by atoms with Crippen LogP contribution in [-0.4, -0.2) is 7.05 Å². The van der Waals surface area contributed by atoms with E-state index in [1.807, 2.05) is 30.5 Å². The molecule has 0 fully saturated rings. The van der Waals surface area contributed by atoms with Crippen LogP contribution in [0.3, 0.4) is 0 Å². The van der Waals surface area contributed by atoms with Crippen molar-refractivity contribution in [3.63, 3.8) is 0 Å². The molecule has 102 valence electrons. The zero-order valence-corrected chi connectivity index (χ0v) is 14.2. The Balaban J connectivity index is 2.22. The molecule has 4 heteroatoms. The van der Waals surface area contributed by atoms with Gasteiger partial charge in [0.05, 0.1) is 5.02 Å². The highest BCUT2D eigenvalue weighted by atomic mass is 79.9. The number of rotatable bonds is 5. The second-order valence-corrected chi connectivity index (χ2v) is 6.90. The van der Waals surface area contributed by atoms with E-state index >= 15 is 0 Å². The molecule has 0 bridgehead atoms. The zero-order valence-electron chi connectivity index (χ0n) is 11.0. The van der Waals surface area contributed by atoms with Gasteiger partial charge in [0.1, 0.15) is 0 Å².